The van der Waals surface area contributed by atoms with Gasteiger partial charge in [-0.3, -0.25) is 4.79 Å². The number of carbonyl (C=O) groups is 1. The van der Waals surface area contributed by atoms with Gasteiger partial charge in [-0.05, 0) is 30.7 Å². The highest BCUT2D eigenvalue weighted by atomic mass is 79.9. The molecule has 1 aliphatic rings. The third kappa shape index (κ3) is 4.09. The Morgan fingerprint density at radius 2 is 2.08 bits per heavy atom. The molecule has 1 aliphatic heterocycles. The largest absolute Gasteiger partial charge is 0.486 e. The van der Waals surface area contributed by atoms with E-state index >= 15 is 0 Å². The molecule has 0 spiro atoms. The zero-order valence-corrected chi connectivity index (χ0v) is 15.2. The van der Waals surface area contributed by atoms with Crippen LogP contribution in [0.4, 0.5) is 5.69 Å². The molecule has 1 heterocycles. The number of carbonyl (C=O) groups excluding carboxylic acids is 1. The van der Waals surface area contributed by atoms with Crippen molar-refractivity contribution in [3.8, 4) is 5.75 Å². The summed E-state index contributed by atoms with van der Waals surface area (Å²) in [5.74, 6) is 0.581. The van der Waals surface area contributed by atoms with Crippen molar-refractivity contribution >= 4 is 27.6 Å². The van der Waals surface area contributed by atoms with Crippen molar-refractivity contribution in [1.29, 1.82) is 0 Å². The second kappa shape index (κ2) is 7.71. The van der Waals surface area contributed by atoms with E-state index in [1.54, 1.807) is 0 Å². The van der Waals surface area contributed by atoms with Crippen molar-refractivity contribution in [2.24, 2.45) is 0 Å². The van der Waals surface area contributed by atoms with Crippen LogP contribution in [-0.2, 0) is 16.1 Å². The molecule has 1 unspecified atom stereocenters. The van der Waals surface area contributed by atoms with E-state index in [0.29, 0.717) is 13.2 Å². The topological polar surface area (TPSA) is 38.8 Å². The molecule has 2 aromatic carbocycles. The maximum absolute atomic E-state index is 11.8. The number of esters is 1. The molecule has 0 aliphatic carbocycles. The molecule has 0 amide bonds. The molecule has 0 N–H and O–H groups in total. The molecule has 0 saturated heterocycles. The molecular formula is C19H20BrNO3. The number of hydrogen-bond acceptors (Lipinski definition) is 4. The van der Waals surface area contributed by atoms with Gasteiger partial charge in [0.15, 0.2) is 0 Å². The maximum Gasteiger partial charge on any atom is 0.309 e. The van der Waals surface area contributed by atoms with Crippen LogP contribution in [0.25, 0.3) is 0 Å². The minimum Gasteiger partial charge on any atom is -0.486 e. The summed E-state index contributed by atoms with van der Waals surface area (Å²) in [6, 6.07) is 16.2. The first-order valence-corrected chi connectivity index (χ1v) is 8.85. The average molecular weight is 390 g/mol. The van der Waals surface area contributed by atoms with Crippen LogP contribution in [-0.4, -0.2) is 25.2 Å². The Kier molecular flexibility index (Phi) is 5.41. The Hall–Kier alpha value is -2.01. The van der Waals surface area contributed by atoms with Crippen LogP contribution in [0.2, 0.25) is 0 Å². The number of hydrogen-bond donors (Lipinski definition) is 0. The van der Waals surface area contributed by atoms with Gasteiger partial charge in [0.25, 0.3) is 0 Å². The highest BCUT2D eigenvalue weighted by molar-refractivity contribution is 9.10. The zero-order chi connectivity index (χ0) is 16.9. The van der Waals surface area contributed by atoms with Gasteiger partial charge in [0.05, 0.1) is 25.3 Å². The number of fused-ring (bicyclic) bond motifs is 1. The second-order valence-corrected chi connectivity index (χ2v) is 6.64. The second-order valence-electron chi connectivity index (χ2n) is 5.73. The molecule has 5 heteroatoms. The molecule has 126 valence electrons. The fourth-order valence-electron chi connectivity index (χ4n) is 2.86. The van der Waals surface area contributed by atoms with Crippen molar-refractivity contribution < 1.29 is 14.3 Å². The highest BCUT2D eigenvalue weighted by Gasteiger charge is 2.28. The van der Waals surface area contributed by atoms with E-state index < -0.39 is 0 Å². The zero-order valence-electron chi connectivity index (χ0n) is 13.6. The van der Waals surface area contributed by atoms with Crippen molar-refractivity contribution in [3.63, 3.8) is 0 Å². The number of rotatable bonds is 5. The lowest BCUT2D eigenvalue weighted by atomic mass is 10.1. The SMILES string of the molecule is CCOC(=O)CC1CN(Cc2ccccc2)c2cc(Br)ccc2O1. The quantitative estimate of drug-likeness (QED) is 0.719. The molecule has 4 nitrogen and oxygen atoms in total. The molecule has 0 aromatic heterocycles. The summed E-state index contributed by atoms with van der Waals surface area (Å²) in [5, 5.41) is 0. The number of benzene rings is 2. The Bertz CT molecular complexity index is 705. The smallest absolute Gasteiger partial charge is 0.309 e. The lowest BCUT2D eigenvalue weighted by molar-refractivity contribution is -0.144. The standard InChI is InChI=1S/C19H20BrNO3/c1-2-23-19(22)11-16-13-21(12-14-6-4-3-5-7-14)17-10-15(20)8-9-18(17)24-16/h3-10,16H,2,11-13H2,1H3. The predicted octanol–water partition coefficient (Wildman–Crippen LogP) is 4.17. The Morgan fingerprint density at radius 1 is 1.29 bits per heavy atom. The number of anilines is 1. The van der Waals surface area contributed by atoms with E-state index in [2.05, 4.69) is 39.0 Å². The van der Waals surface area contributed by atoms with Crippen LogP contribution in [0, 0.1) is 0 Å². The lowest BCUT2D eigenvalue weighted by Crippen LogP contribution is -2.41. The van der Waals surface area contributed by atoms with E-state index in [1.807, 2.05) is 37.3 Å². The highest BCUT2D eigenvalue weighted by Crippen LogP contribution is 2.37. The number of ether oxygens (including phenoxy) is 2. The van der Waals surface area contributed by atoms with E-state index in [4.69, 9.17) is 9.47 Å². The Morgan fingerprint density at radius 3 is 2.83 bits per heavy atom. The third-order valence-corrected chi connectivity index (χ3v) is 4.39. The summed E-state index contributed by atoms with van der Waals surface area (Å²) in [7, 11) is 0. The summed E-state index contributed by atoms with van der Waals surface area (Å²) in [5.41, 5.74) is 2.26. The van der Waals surface area contributed by atoms with E-state index in [-0.39, 0.29) is 18.5 Å². The first kappa shape index (κ1) is 16.8. The molecule has 2 aromatic rings. The molecule has 0 saturated carbocycles. The van der Waals surface area contributed by atoms with Crippen LogP contribution >= 0.6 is 15.9 Å². The predicted molar refractivity (Wildman–Crippen MR) is 97.3 cm³/mol. The van der Waals surface area contributed by atoms with Gasteiger partial charge >= 0.3 is 5.97 Å². The minimum atomic E-state index is -0.220. The van der Waals surface area contributed by atoms with Gasteiger partial charge in [-0.25, -0.2) is 0 Å². The summed E-state index contributed by atoms with van der Waals surface area (Å²) in [4.78, 5) is 14.1. The molecule has 3 rings (SSSR count). The van der Waals surface area contributed by atoms with Crippen molar-refractivity contribution in [2.45, 2.75) is 26.0 Å². The average Bonchev–Trinajstić information content (AvgIpc) is 2.56. The van der Waals surface area contributed by atoms with Crippen LogP contribution in [0.1, 0.15) is 18.9 Å². The van der Waals surface area contributed by atoms with Crippen LogP contribution in [0.5, 0.6) is 5.75 Å². The minimum absolute atomic E-state index is 0.207. The maximum atomic E-state index is 11.8. The molecule has 0 bridgehead atoms. The van der Waals surface area contributed by atoms with Gasteiger partial charge in [-0.1, -0.05) is 46.3 Å². The monoisotopic (exact) mass is 389 g/mol. The van der Waals surface area contributed by atoms with Gasteiger partial charge in [0, 0.05) is 11.0 Å². The lowest BCUT2D eigenvalue weighted by Gasteiger charge is -2.36. The Balaban J connectivity index is 1.82. The van der Waals surface area contributed by atoms with Crippen molar-refractivity contribution in [3.05, 3.63) is 58.6 Å². The first-order valence-electron chi connectivity index (χ1n) is 8.06. The first-order chi connectivity index (χ1) is 11.7. The van der Waals surface area contributed by atoms with Gasteiger partial charge in [-0.15, -0.1) is 0 Å². The van der Waals surface area contributed by atoms with Crippen molar-refractivity contribution in [2.75, 3.05) is 18.1 Å². The Labute approximate surface area is 150 Å². The fourth-order valence-corrected chi connectivity index (χ4v) is 3.21. The summed E-state index contributed by atoms with van der Waals surface area (Å²) in [6.07, 6.45) is 0.0516. The third-order valence-electron chi connectivity index (χ3n) is 3.90. The summed E-state index contributed by atoms with van der Waals surface area (Å²) in [6.45, 7) is 3.63. The van der Waals surface area contributed by atoms with Crippen molar-refractivity contribution in [1.82, 2.24) is 0 Å². The van der Waals surface area contributed by atoms with E-state index in [0.717, 1.165) is 22.5 Å². The van der Waals surface area contributed by atoms with Gasteiger partial charge in [-0.2, -0.15) is 0 Å². The molecule has 0 fully saturated rings. The number of halogens is 1. The van der Waals surface area contributed by atoms with E-state index in [9.17, 15) is 4.79 Å². The van der Waals surface area contributed by atoms with Gasteiger partial charge in [0.2, 0.25) is 0 Å². The molecule has 1 atom stereocenters. The van der Waals surface area contributed by atoms with E-state index in [1.165, 1.54) is 5.56 Å². The summed E-state index contributed by atoms with van der Waals surface area (Å²) < 4.78 is 12.1. The van der Waals surface area contributed by atoms with Crippen LogP contribution in [0.15, 0.2) is 53.0 Å². The summed E-state index contributed by atoms with van der Waals surface area (Å²) >= 11 is 3.52. The van der Waals surface area contributed by atoms with Gasteiger partial charge in [0.1, 0.15) is 11.9 Å². The molecule has 0 radical (unpaired) electrons. The van der Waals surface area contributed by atoms with Gasteiger partial charge < -0.3 is 14.4 Å². The number of nitrogens with zero attached hydrogens (tertiary/aromatic N) is 1. The molecular weight excluding hydrogens is 370 g/mol. The normalized spacial score (nSPS) is 16.2. The van der Waals surface area contributed by atoms with Crippen LogP contribution < -0.4 is 9.64 Å². The fraction of sp³-hybridized carbons (Fsp3) is 0.316. The van der Waals surface area contributed by atoms with Crippen LogP contribution in [0.3, 0.4) is 0 Å². The molecule has 24 heavy (non-hydrogen) atoms.